The molecule has 3 saturated heterocycles. The van der Waals surface area contributed by atoms with Crippen LogP contribution in [0.5, 0.6) is 0 Å². The third-order valence-corrected chi connectivity index (χ3v) is 5.91. The molecule has 0 aliphatic carbocycles. The first kappa shape index (κ1) is 18.1. The van der Waals surface area contributed by atoms with E-state index in [1.165, 1.54) is 12.0 Å². The van der Waals surface area contributed by atoms with Gasteiger partial charge in [0.15, 0.2) is 0 Å². The van der Waals surface area contributed by atoms with E-state index in [4.69, 9.17) is 0 Å². The van der Waals surface area contributed by atoms with Crippen LogP contribution in [-0.2, 0) is 6.54 Å². The van der Waals surface area contributed by atoms with Gasteiger partial charge in [0.25, 0.3) is 5.91 Å². The number of piperidine rings is 1. The van der Waals surface area contributed by atoms with Crippen molar-refractivity contribution in [2.24, 2.45) is 5.92 Å². The molecule has 2 aromatic carbocycles. The minimum Gasteiger partial charge on any atom is -0.378 e. The van der Waals surface area contributed by atoms with Crippen molar-refractivity contribution in [1.82, 2.24) is 9.80 Å². The van der Waals surface area contributed by atoms with E-state index in [9.17, 15) is 4.79 Å². The van der Waals surface area contributed by atoms with E-state index in [0.717, 1.165) is 43.9 Å². The van der Waals surface area contributed by atoms with Crippen LogP contribution < -0.4 is 4.90 Å². The number of carbonyl (C=O) groups is 1. The van der Waals surface area contributed by atoms with Crippen LogP contribution in [0.4, 0.5) is 5.69 Å². The first-order valence-corrected chi connectivity index (χ1v) is 9.95. The van der Waals surface area contributed by atoms with Crippen LogP contribution >= 0.6 is 0 Å². The summed E-state index contributed by atoms with van der Waals surface area (Å²) in [5.74, 6) is 0.767. The van der Waals surface area contributed by atoms with Crippen molar-refractivity contribution < 1.29 is 4.79 Å². The summed E-state index contributed by atoms with van der Waals surface area (Å²) in [6.45, 7) is 3.93. The zero-order valence-electron chi connectivity index (χ0n) is 16.3. The molecule has 3 heterocycles. The summed E-state index contributed by atoms with van der Waals surface area (Å²) in [5.41, 5.74) is 3.24. The standard InChI is InChI=1S/C23H29N3O/c1-24(2)21-10-6-9-20(13-21)23(27)26-16-19-11-12-22(26)17-25(15-19)14-18-7-4-3-5-8-18/h3-10,13,19,22H,11-12,14-17H2,1-2H3/t19-,22+/m0/s1. The van der Waals surface area contributed by atoms with Crippen molar-refractivity contribution >= 4 is 11.6 Å². The second-order valence-corrected chi connectivity index (χ2v) is 8.18. The first-order chi connectivity index (χ1) is 13.1. The molecule has 2 atom stereocenters. The molecule has 0 radical (unpaired) electrons. The highest BCUT2D eigenvalue weighted by molar-refractivity contribution is 5.95. The van der Waals surface area contributed by atoms with Gasteiger partial charge in [-0.15, -0.1) is 0 Å². The number of anilines is 1. The van der Waals surface area contributed by atoms with Gasteiger partial charge in [-0.05, 0) is 42.5 Å². The van der Waals surface area contributed by atoms with Crippen LogP contribution in [0, 0.1) is 5.92 Å². The molecule has 0 unspecified atom stereocenters. The predicted octanol–water partition coefficient (Wildman–Crippen LogP) is 3.49. The SMILES string of the molecule is CN(C)c1cccc(C(=O)N2C[C@H]3CC[C@@H]2CN(Cc2ccccc2)C3)c1. The van der Waals surface area contributed by atoms with Crippen LogP contribution in [0.15, 0.2) is 54.6 Å². The van der Waals surface area contributed by atoms with Gasteiger partial charge in [0.05, 0.1) is 0 Å². The number of hydrogen-bond acceptors (Lipinski definition) is 3. The number of rotatable bonds is 4. The van der Waals surface area contributed by atoms with Crippen LogP contribution in [0.3, 0.4) is 0 Å². The van der Waals surface area contributed by atoms with Crippen molar-refractivity contribution in [2.75, 3.05) is 38.6 Å². The summed E-state index contributed by atoms with van der Waals surface area (Å²) in [6, 6.07) is 19.0. The molecule has 2 aromatic rings. The van der Waals surface area contributed by atoms with Crippen molar-refractivity contribution in [1.29, 1.82) is 0 Å². The fraction of sp³-hybridized carbons (Fsp3) is 0.435. The average Bonchev–Trinajstić information content (AvgIpc) is 2.99. The fourth-order valence-electron chi connectivity index (χ4n) is 4.48. The Morgan fingerprint density at radius 2 is 1.81 bits per heavy atom. The number of fused-ring (bicyclic) bond motifs is 4. The largest absolute Gasteiger partial charge is 0.378 e. The van der Waals surface area contributed by atoms with Crippen LogP contribution in [-0.4, -0.2) is 55.5 Å². The molecule has 2 bridgehead atoms. The molecule has 27 heavy (non-hydrogen) atoms. The van der Waals surface area contributed by atoms with Gasteiger partial charge >= 0.3 is 0 Å². The third-order valence-electron chi connectivity index (χ3n) is 5.91. The molecule has 0 saturated carbocycles. The molecule has 4 heteroatoms. The van der Waals surface area contributed by atoms with E-state index in [1.54, 1.807) is 0 Å². The Bertz CT molecular complexity index is 789. The van der Waals surface area contributed by atoms with Gasteiger partial charge in [-0.3, -0.25) is 9.69 Å². The maximum Gasteiger partial charge on any atom is 0.254 e. The highest BCUT2D eigenvalue weighted by atomic mass is 16.2. The van der Waals surface area contributed by atoms with Crippen molar-refractivity contribution in [2.45, 2.75) is 25.4 Å². The summed E-state index contributed by atoms with van der Waals surface area (Å²) in [6.07, 6.45) is 2.35. The molecule has 4 nitrogen and oxygen atoms in total. The molecular weight excluding hydrogens is 334 g/mol. The van der Waals surface area contributed by atoms with Crippen LogP contribution in [0.2, 0.25) is 0 Å². The van der Waals surface area contributed by atoms with Gasteiger partial charge in [-0.2, -0.15) is 0 Å². The van der Waals surface area contributed by atoms with E-state index in [-0.39, 0.29) is 5.91 Å². The number of amides is 1. The highest BCUT2D eigenvalue weighted by Crippen LogP contribution is 2.30. The quantitative estimate of drug-likeness (QED) is 0.832. The zero-order chi connectivity index (χ0) is 18.8. The summed E-state index contributed by atoms with van der Waals surface area (Å²) in [5, 5.41) is 0. The molecule has 3 fully saturated rings. The summed E-state index contributed by atoms with van der Waals surface area (Å²) < 4.78 is 0. The van der Waals surface area contributed by atoms with Gasteiger partial charge in [-0.1, -0.05) is 36.4 Å². The minimum atomic E-state index is 0.190. The molecule has 5 rings (SSSR count). The van der Waals surface area contributed by atoms with Gasteiger partial charge in [-0.25, -0.2) is 0 Å². The van der Waals surface area contributed by atoms with Gasteiger partial charge in [0.2, 0.25) is 0 Å². The molecule has 1 amide bonds. The summed E-state index contributed by atoms with van der Waals surface area (Å²) >= 11 is 0. The maximum atomic E-state index is 13.3. The molecular formula is C23H29N3O. The normalized spacial score (nSPS) is 22.5. The highest BCUT2D eigenvalue weighted by Gasteiger charge is 2.37. The number of carbonyl (C=O) groups excluding carboxylic acids is 1. The second-order valence-electron chi connectivity index (χ2n) is 8.18. The summed E-state index contributed by atoms with van der Waals surface area (Å²) in [7, 11) is 4.03. The van der Waals surface area contributed by atoms with Crippen LogP contribution in [0.25, 0.3) is 0 Å². The lowest BCUT2D eigenvalue weighted by molar-refractivity contribution is 0.0585. The van der Waals surface area contributed by atoms with Gasteiger partial charge in [0, 0.05) is 57.6 Å². The molecule has 0 aromatic heterocycles. The van der Waals surface area contributed by atoms with E-state index >= 15 is 0 Å². The summed E-state index contributed by atoms with van der Waals surface area (Å²) in [4.78, 5) is 20.0. The van der Waals surface area contributed by atoms with E-state index < -0.39 is 0 Å². The fourth-order valence-corrected chi connectivity index (χ4v) is 4.48. The Labute approximate surface area is 162 Å². The average molecular weight is 364 g/mol. The molecule has 142 valence electrons. The van der Waals surface area contributed by atoms with Crippen molar-refractivity contribution in [3.05, 3.63) is 65.7 Å². The van der Waals surface area contributed by atoms with E-state index in [1.807, 2.05) is 43.3 Å². The Morgan fingerprint density at radius 1 is 1.00 bits per heavy atom. The van der Waals surface area contributed by atoms with Crippen molar-refractivity contribution in [3.63, 3.8) is 0 Å². The minimum absolute atomic E-state index is 0.190. The number of benzene rings is 2. The lowest BCUT2D eigenvalue weighted by Crippen LogP contribution is -2.47. The topological polar surface area (TPSA) is 26.8 Å². The Kier molecular flexibility index (Phi) is 5.17. The smallest absolute Gasteiger partial charge is 0.254 e. The third kappa shape index (κ3) is 4.01. The zero-order valence-corrected chi connectivity index (χ0v) is 16.3. The Morgan fingerprint density at radius 3 is 2.59 bits per heavy atom. The number of nitrogens with zero attached hydrogens (tertiary/aromatic N) is 3. The molecule has 3 aliphatic rings. The van der Waals surface area contributed by atoms with Crippen LogP contribution in [0.1, 0.15) is 28.8 Å². The number of hydrogen-bond donors (Lipinski definition) is 0. The monoisotopic (exact) mass is 363 g/mol. The second kappa shape index (κ2) is 7.73. The van der Waals surface area contributed by atoms with E-state index in [2.05, 4.69) is 40.1 Å². The van der Waals surface area contributed by atoms with Gasteiger partial charge < -0.3 is 9.80 Å². The lowest BCUT2D eigenvalue weighted by atomic mass is 9.94. The predicted molar refractivity (Wildman–Crippen MR) is 110 cm³/mol. The van der Waals surface area contributed by atoms with E-state index in [0.29, 0.717) is 12.0 Å². The molecule has 0 N–H and O–H groups in total. The lowest BCUT2D eigenvalue weighted by Gasteiger charge is -2.36. The van der Waals surface area contributed by atoms with Gasteiger partial charge in [0.1, 0.15) is 0 Å². The first-order valence-electron chi connectivity index (χ1n) is 9.95. The molecule has 3 aliphatic heterocycles. The Balaban J connectivity index is 1.50. The van der Waals surface area contributed by atoms with Crippen molar-refractivity contribution in [3.8, 4) is 0 Å². The maximum absolute atomic E-state index is 13.3. The Hall–Kier alpha value is -2.33. The molecule has 0 spiro atoms.